The van der Waals surface area contributed by atoms with Crippen molar-refractivity contribution in [2.75, 3.05) is 14.2 Å². The number of methoxy groups -OCH3 is 2. The summed E-state index contributed by atoms with van der Waals surface area (Å²) in [7, 11) is 0.856. The fourth-order valence-corrected chi connectivity index (χ4v) is 5.56. The Morgan fingerprint density at radius 2 is 1.82 bits per heavy atom. The van der Waals surface area contributed by atoms with Gasteiger partial charge in [0.15, 0.2) is 27.2 Å². The molecule has 0 amide bonds. The maximum atomic E-state index is 14.3. The lowest BCUT2D eigenvalue weighted by Gasteiger charge is -2.18. The molecule has 0 radical (unpaired) electrons. The Bertz CT molecular complexity index is 1690. The maximum absolute atomic E-state index is 14.3. The molecule has 0 N–H and O–H groups in total. The molecule has 0 unspecified atom stereocenters. The number of benzene rings is 1. The van der Waals surface area contributed by atoms with Gasteiger partial charge in [-0.25, -0.2) is 17.8 Å². The molecule has 5 aromatic rings. The van der Waals surface area contributed by atoms with Crippen LogP contribution < -0.4 is 9.47 Å². The van der Waals surface area contributed by atoms with Crippen molar-refractivity contribution in [2.45, 2.75) is 24.3 Å². The number of hydrogen-bond acceptors (Lipinski definition) is 9. The predicted molar refractivity (Wildman–Crippen MR) is 136 cm³/mol. The Kier molecular flexibility index (Phi) is 6.61. The molecule has 0 saturated carbocycles. The minimum atomic E-state index is -3.81. The molecule has 11 nitrogen and oxygen atoms in total. The highest BCUT2D eigenvalue weighted by atomic mass is 32.2. The van der Waals surface area contributed by atoms with Gasteiger partial charge in [-0.05, 0) is 31.2 Å². The number of para-hydroxylation sites is 1. The second-order valence-corrected chi connectivity index (χ2v) is 11.1. The van der Waals surface area contributed by atoms with Crippen LogP contribution in [0.1, 0.15) is 18.4 Å². The van der Waals surface area contributed by atoms with Gasteiger partial charge in [0.2, 0.25) is 5.82 Å². The number of nitrogens with zero attached hydrogens (tertiary/aromatic N) is 6. The van der Waals surface area contributed by atoms with Gasteiger partial charge in [0.25, 0.3) is 0 Å². The van der Waals surface area contributed by atoms with E-state index in [0.29, 0.717) is 34.2 Å². The lowest BCUT2D eigenvalue weighted by Crippen LogP contribution is -2.24. The summed E-state index contributed by atoms with van der Waals surface area (Å²) in [5, 5.41) is 7.58. The average Bonchev–Trinajstić information content (AvgIpc) is 3.65. The zero-order valence-electron chi connectivity index (χ0n) is 21.1. The van der Waals surface area contributed by atoms with Crippen molar-refractivity contribution >= 4 is 20.9 Å². The van der Waals surface area contributed by atoms with Crippen LogP contribution in [0.25, 0.3) is 28.3 Å². The van der Waals surface area contributed by atoms with Gasteiger partial charge in [0.05, 0.1) is 44.0 Å². The van der Waals surface area contributed by atoms with Gasteiger partial charge in [0, 0.05) is 13.5 Å². The molecule has 0 aliphatic heterocycles. The topological polar surface area (TPSA) is 127 Å². The number of hydrogen-bond donors (Lipinski definition) is 0. The Hall–Kier alpha value is -4.26. The molecule has 38 heavy (non-hydrogen) atoms. The van der Waals surface area contributed by atoms with Crippen molar-refractivity contribution in [2.24, 2.45) is 7.05 Å². The van der Waals surface area contributed by atoms with E-state index in [9.17, 15) is 12.8 Å². The fourth-order valence-electron chi connectivity index (χ4n) is 4.31. The summed E-state index contributed by atoms with van der Waals surface area (Å²) in [6.45, 7) is 1.58. The summed E-state index contributed by atoms with van der Waals surface area (Å²) >= 11 is 0. The molecule has 0 aliphatic rings. The van der Waals surface area contributed by atoms with Gasteiger partial charge in [-0.1, -0.05) is 6.07 Å². The third-order valence-corrected chi connectivity index (χ3v) is 8.34. The van der Waals surface area contributed by atoms with E-state index in [1.807, 2.05) is 0 Å². The van der Waals surface area contributed by atoms with Crippen molar-refractivity contribution in [3.05, 3.63) is 66.5 Å². The lowest BCUT2D eigenvalue weighted by molar-refractivity contribution is 0.390. The van der Waals surface area contributed by atoms with Crippen LogP contribution >= 0.6 is 0 Å². The number of pyridine rings is 1. The molecule has 4 heterocycles. The lowest BCUT2D eigenvalue weighted by atomic mass is 10.2. The molecule has 0 saturated heterocycles. The van der Waals surface area contributed by atoms with Crippen LogP contribution in [0.5, 0.6) is 11.5 Å². The molecule has 5 rings (SSSR count). The third-order valence-electron chi connectivity index (χ3n) is 6.29. The second-order valence-electron chi connectivity index (χ2n) is 8.69. The Labute approximate surface area is 217 Å². The second kappa shape index (κ2) is 9.89. The standard InChI is InChI=1S/C25H25FN6O5S/c1-15(11-17-22-23(16(26)12-27-17)31(2)14-28-22)38(33,34)13-21-29-30-25(20-9-6-10-37-20)32(21)24-18(35-3)7-5-8-19(24)36-4/h5-10,12,14-15H,11,13H2,1-4H3/t15-/m1/s1. The minimum absolute atomic E-state index is 0.0350. The van der Waals surface area contributed by atoms with E-state index in [2.05, 4.69) is 20.2 Å². The Balaban J connectivity index is 1.56. The van der Waals surface area contributed by atoms with E-state index in [1.165, 1.54) is 31.4 Å². The number of furan rings is 1. The highest BCUT2D eigenvalue weighted by Crippen LogP contribution is 2.37. The number of sulfone groups is 1. The van der Waals surface area contributed by atoms with Crippen LogP contribution in [-0.4, -0.2) is 57.2 Å². The van der Waals surface area contributed by atoms with E-state index in [0.717, 1.165) is 6.20 Å². The SMILES string of the molecule is COc1cccc(OC)c1-n1c(CS(=O)(=O)[C@H](C)Cc2ncc(F)c3c2ncn3C)nnc1-c1ccco1. The van der Waals surface area contributed by atoms with Crippen LogP contribution in [0.15, 0.2) is 53.5 Å². The van der Waals surface area contributed by atoms with Crippen molar-refractivity contribution in [1.29, 1.82) is 0 Å². The molecule has 1 aromatic carbocycles. The summed E-state index contributed by atoms with van der Waals surface area (Å²) < 4.78 is 61.3. The van der Waals surface area contributed by atoms with Crippen LogP contribution in [0.4, 0.5) is 4.39 Å². The van der Waals surface area contributed by atoms with Gasteiger partial charge in [-0.2, -0.15) is 0 Å². The molecule has 0 spiro atoms. The van der Waals surface area contributed by atoms with E-state index in [-0.39, 0.29) is 23.6 Å². The number of fused-ring (bicyclic) bond motifs is 1. The first-order valence-corrected chi connectivity index (χ1v) is 13.3. The van der Waals surface area contributed by atoms with Gasteiger partial charge in [-0.3, -0.25) is 9.55 Å². The van der Waals surface area contributed by atoms with Gasteiger partial charge in [0.1, 0.15) is 34.0 Å². The number of rotatable bonds is 9. The molecule has 4 aromatic heterocycles. The smallest absolute Gasteiger partial charge is 0.204 e. The summed E-state index contributed by atoms with van der Waals surface area (Å²) in [5.74, 6) is 0.690. The van der Waals surface area contributed by atoms with Gasteiger partial charge >= 0.3 is 0 Å². The van der Waals surface area contributed by atoms with Crippen molar-refractivity contribution in [3.63, 3.8) is 0 Å². The number of aromatic nitrogens is 6. The monoisotopic (exact) mass is 540 g/mol. The largest absolute Gasteiger partial charge is 0.494 e. The average molecular weight is 541 g/mol. The zero-order chi connectivity index (χ0) is 27.0. The fraction of sp³-hybridized carbons (Fsp3) is 0.280. The summed E-state index contributed by atoms with van der Waals surface area (Å²) in [6, 6.07) is 8.60. The molecule has 13 heteroatoms. The highest BCUT2D eigenvalue weighted by Gasteiger charge is 2.30. The molecular weight excluding hydrogens is 515 g/mol. The van der Waals surface area contributed by atoms with E-state index in [1.54, 1.807) is 48.9 Å². The number of imidazole rings is 1. The number of ether oxygens (including phenoxy) is 2. The quantitative estimate of drug-likeness (QED) is 0.276. The first-order valence-electron chi connectivity index (χ1n) is 11.6. The third kappa shape index (κ3) is 4.38. The normalized spacial score (nSPS) is 12.7. The first kappa shape index (κ1) is 25.4. The van der Waals surface area contributed by atoms with Crippen LogP contribution in [0.3, 0.4) is 0 Å². The van der Waals surface area contributed by atoms with E-state index >= 15 is 0 Å². The number of halogens is 1. The van der Waals surface area contributed by atoms with Gasteiger partial charge in [-0.15, -0.1) is 10.2 Å². The Morgan fingerprint density at radius 1 is 1.08 bits per heavy atom. The van der Waals surface area contributed by atoms with Crippen molar-refractivity contribution in [1.82, 2.24) is 29.3 Å². The highest BCUT2D eigenvalue weighted by molar-refractivity contribution is 7.91. The van der Waals surface area contributed by atoms with Crippen molar-refractivity contribution in [3.8, 4) is 28.8 Å². The predicted octanol–water partition coefficient (Wildman–Crippen LogP) is 3.51. The van der Waals surface area contributed by atoms with E-state index < -0.39 is 26.7 Å². The number of aryl methyl sites for hydroxylation is 1. The minimum Gasteiger partial charge on any atom is -0.494 e. The molecular formula is C25H25FN6O5S. The molecule has 0 fully saturated rings. The molecule has 0 bridgehead atoms. The molecule has 198 valence electrons. The molecule has 1 atom stereocenters. The first-order chi connectivity index (χ1) is 18.2. The summed E-state index contributed by atoms with van der Waals surface area (Å²) in [6.07, 6.45) is 4.07. The van der Waals surface area contributed by atoms with Crippen LogP contribution in [0.2, 0.25) is 0 Å². The van der Waals surface area contributed by atoms with Gasteiger partial charge < -0.3 is 18.5 Å². The summed E-state index contributed by atoms with van der Waals surface area (Å²) in [4.78, 5) is 8.36. The van der Waals surface area contributed by atoms with Crippen LogP contribution in [0, 0.1) is 5.82 Å². The molecule has 0 aliphatic carbocycles. The van der Waals surface area contributed by atoms with E-state index in [4.69, 9.17) is 13.9 Å². The van der Waals surface area contributed by atoms with Crippen LogP contribution in [-0.2, 0) is 29.1 Å². The van der Waals surface area contributed by atoms with Crippen molar-refractivity contribution < 1.29 is 26.7 Å². The summed E-state index contributed by atoms with van der Waals surface area (Å²) in [5.41, 5.74) is 1.42. The zero-order valence-corrected chi connectivity index (χ0v) is 21.9. The maximum Gasteiger partial charge on any atom is 0.204 e. The Morgan fingerprint density at radius 3 is 2.47 bits per heavy atom.